The van der Waals surface area contributed by atoms with Crippen molar-refractivity contribution in [2.24, 2.45) is 14.1 Å². The highest BCUT2D eigenvalue weighted by Gasteiger charge is 2.21. The maximum atomic E-state index is 14.4. The monoisotopic (exact) mass is 483 g/mol. The third-order valence-electron chi connectivity index (χ3n) is 5.29. The van der Waals surface area contributed by atoms with Crippen LogP contribution < -0.4 is 21.3 Å². The van der Waals surface area contributed by atoms with Crippen LogP contribution in [0.3, 0.4) is 0 Å². The number of hydrogen-bond acceptors (Lipinski definition) is 6. The summed E-state index contributed by atoms with van der Waals surface area (Å²) in [6.45, 7) is 0.0104. The number of amides is 1. The molecule has 2 aromatic carbocycles. The molecule has 0 spiro atoms. The zero-order chi connectivity index (χ0) is 24.4. The molecule has 0 saturated heterocycles. The first-order chi connectivity index (χ1) is 16.3. The highest BCUT2D eigenvalue weighted by atomic mass is 32.2. The molecule has 11 heteroatoms. The Kier molecular flexibility index (Phi) is 6.55. The van der Waals surface area contributed by atoms with Gasteiger partial charge in [-0.1, -0.05) is 36.0 Å². The summed E-state index contributed by atoms with van der Waals surface area (Å²) >= 11 is 1.09. The first-order valence-corrected chi connectivity index (χ1v) is 11.2. The fraction of sp³-hybridized carbons (Fsp3) is 0.217. The number of benzene rings is 2. The summed E-state index contributed by atoms with van der Waals surface area (Å²) < 4.78 is 23.3. The first-order valence-electron chi connectivity index (χ1n) is 10.3. The van der Waals surface area contributed by atoms with Gasteiger partial charge >= 0.3 is 5.69 Å². The summed E-state index contributed by atoms with van der Waals surface area (Å²) in [5, 5.41) is 3.10. The van der Waals surface area contributed by atoms with Crippen molar-refractivity contribution in [3.05, 3.63) is 80.7 Å². The van der Waals surface area contributed by atoms with Crippen molar-refractivity contribution in [3.63, 3.8) is 0 Å². The number of halogens is 1. The first kappa shape index (κ1) is 23.3. The van der Waals surface area contributed by atoms with E-state index in [2.05, 4.69) is 10.3 Å². The van der Waals surface area contributed by atoms with Crippen molar-refractivity contribution >= 4 is 34.5 Å². The van der Waals surface area contributed by atoms with Crippen LogP contribution in [0.1, 0.15) is 5.56 Å². The normalized spacial score (nSPS) is 11.1. The van der Waals surface area contributed by atoms with Crippen molar-refractivity contribution in [3.8, 4) is 5.75 Å². The van der Waals surface area contributed by atoms with Gasteiger partial charge in [-0.3, -0.25) is 18.7 Å². The van der Waals surface area contributed by atoms with Crippen molar-refractivity contribution in [1.29, 1.82) is 0 Å². The predicted molar refractivity (Wildman–Crippen MR) is 128 cm³/mol. The van der Waals surface area contributed by atoms with Crippen LogP contribution in [0.2, 0.25) is 0 Å². The molecule has 0 saturated carbocycles. The highest BCUT2D eigenvalue weighted by Crippen LogP contribution is 2.24. The number of anilines is 1. The van der Waals surface area contributed by atoms with E-state index in [-0.39, 0.29) is 29.4 Å². The van der Waals surface area contributed by atoms with Gasteiger partial charge in [0.15, 0.2) is 16.3 Å². The number of imidazole rings is 1. The molecule has 2 heterocycles. The average Bonchev–Trinajstić information content (AvgIpc) is 3.20. The number of carbonyl (C=O) groups excluding carboxylic acids is 1. The number of ether oxygens (including phenoxy) is 1. The minimum absolute atomic E-state index is 0.0104. The van der Waals surface area contributed by atoms with E-state index in [1.807, 2.05) is 0 Å². The number of nitrogens with one attached hydrogen (secondary N) is 1. The van der Waals surface area contributed by atoms with E-state index in [9.17, 15) is 18.8 Å². The quantitative estimate of drug-likeness (QED) is 0.405. The molecule has 1 amide bonds. The molecule has 0 aliphatic heterocycles. The van der Waals surface area contributed by atoms with E-state index in [1.165, 1.54) is 31.8 Å². The van der Waals surface area contributed by atoms with Gasteiger partial charge in [-0.05, 0) is 18.2 Å². The molecule has 0 atom stereocenters. The number of rotatable bonds is 7. The van der Waals surface area contributed by atoms with Crippen LogP contribution >= 0.6 is 11.8 Å². The van der Waals surface area contributed by atoms with Gasteiger partial charge in [0, 0.05) is 31.4 Å². The van der Waals surface area contributed by atoms with Crippen LogP contribution in [0.25, 0.3) is 11.2 Å². The van der Waals surface area contributed by atoms with Crippen LogP contribution in [0.5, 0.6) is 5.75 Å². The second-order valence-electron chi connectivity index (χ2n) is 7.52. The molecule has 0 bridgehead atoms. The van der Waals surface area contributed by atoms with E-state index in [0.717, 1.165) is 16.3 Å². The maximum absolute atomic E-state index is 14.4. The third kappa shape index (κ3) is 4.46. The van der Waals surface area contributed by atoms with Gasteiger partial charge in [-0.2, -0.15) is 0 Å². The molecular formula is C23H22FN5O4S. The third-order valence-corrected chi connectivity index (χ3v) is 6.26. The van der Waals surface area contributed by atoms with Crippen molar-refractivity contribution in [2.75, 3.05) is 18.2 Å². The Morgan fingerprint density at radius 1 is 1.12 bits per heavy atom. The molecule has 4 rings (SSSR count). The Hall–Kier alpha value is -3.86. The number of carbonyl (C=O) groups is 1. The Bertz CT molecular complexity index is 1510. The number of thioether (sulfide) groups is 1. The van der Waals surface area contributed by atoms with E-state index >= 15 is 0 Å². The van der Waals surface area contributed by atoms with Crippen molar-refractivity contribution < 1.29 is 13.9 Å². The Labute approximate surface area is 197 Å². The van der Waals surface area contributed by atoms with Crippen LogP contribution in [-0.2, 0) is 25.4 Å². The lowest BCUT2D eigenvalue weighted by molar-refractivity contribution is -0.113. The molecule has 4 aromatic rings. The average molecular weight is 484 g/mol. The van der Waals surface area contributed by atoms with Crippen LogP contribution in [0, 0.1) is 5.82 Å². The molecule has 0 radical (unpaired) electrons. The fourth-order valence-corrected chi connectivity index (χ4v) is 4.30. The summed E-state index contributed by atoms with van der Waals surface area (Å²) in [5.74, 6) is -0.150. The smallest absolute Gasteiger partial charge is 0.332 e. The molecule has 0 fully saturated rings. The number of methoxy groups -OCH3 is 1. The summed E-state index contributed by atoms with van der Waals surface area (Å²) in [6, 6.07) is 13.2. The maximum Gasteiger partial charge on any atom is 0.332 e. The lowest BCUT2D eigenvalue weighted by Gasteiger charge is -2.11. The molecule has 2 aromatic heterocycles. The van der Waals surface area contributed by atoms with E-state index in [0.29, 0.717) is 22.2 Å². The minimum Gasteiger partial charge on any atom is -0.497 e. The van der Waals surface area contributed by atoms with Gasteiger partial charge in [-0.25, -0.2) is 14.2 Å². The number of fused-ring (bicyclic) bond motifs is 1. The Morgan fingerprint density at radius 3 is 2.62 bits per heavy atom. The van der Waals surface area contributed by atoms with Gasteiger partial charge in [0.1, 0.15) is 11.6 Å². The topological polar surface area (TPSA) is 100 Å². The summed E-state index contributed by atoms with van der Waals surface area (Å²) in [5.41, 5.74) is 0.167. The zero-order valence-corrected chi connectivity index (χ0v) is 19.6. The van der Waals surface area contributed by atoms with E-state index < -0.39 is 17.1 Å². The summed E-state index contributed by atoms with van der Waals surface area (Å²) in [6.07, 6.45) is 0. The molecule has 0 aliphatic rings. The SMILES string of the molecule is COc1cccc(NC(=O)CSc2nc3c(c(=O)n(C)c(=O)n3C)n2Cc2ccccc2F)c1. The second-order valence-corrected chi connectivity index (χ2v) is 8.46. The molecule has 176 valence electrons. The standard InChI is InChI=1S/C23H22FN5O4S/c1-27-20-19(21(31)28(2)23(27)32)29(12-14-7-4-5-10-17(14)24)22(26-20)34-13-18(30)25-15-8-6-9-16(11-15)33-3/h4-11H,12-13H2,1-3H3,(H,25,30). The van der Waals surface area contributed by atoms with Crippen LogP contribution in [0.15, 0.2) is 63.3 Å². The van der Waals surface area contributed by atoms with Gasteiger partial charge < -0.3 is 14.6 Å². The van der Waals surface area contributed by atoms with Gasteiger partial charge in [0.05, 0.1) is 19.4 Å². The molecule has 0 aliphatic carbocycles. The number of aryl methyl sites for hydroxylation is 1. The Balaban J connectivity index is 1.69. The van der Waals surface area contributed by atoms with E-state index in [1.54, 1.807) is 47.0 Å². The number of aromatic nitrogens is 4. The molecule has 34 heavy (non-hydrogen) atoms. The van der Waals surface area contributed by atoms with Gasteiger partial charge in [0.2, 0.25) is 5.91 Å². The Morgan fingerprint density at radius 2 is 1.88 bits per heavy atom. The molecule has 1 N–H and O–H groups in total. The zero-order valence-electron chi connectivity index (χ0n) is 18.7. The van der Waals surface area contributed by atoms with Crippen LogP contribution in [0.4, 0.5) is 10.1 Å². The molecular weight excluding hydrogens is 461 g/mol. The number of nitrogens with zero attached hydrogens (tertiary/aromatic N) is 4. The molecule has 9 nitrogen and oxygen atoms in total. The van der Waals surface area contributed by atoms with Gasteiger partial charge in [0.25, 0.3) is 5.56 Å². The fourth-order valence-electron chi connectivity index (χ4n) is 3.51. The molecule has 0 unspecified atom stereocenters. The van der Waals surface area contributed by atoms with E-state index in [4.69, 9.17) is 4.74 Å². The van der Waals surface area contributed by atoms with Crippen LogP contribution in [-0.4, -0.2) is 37.5 Å². The lowest BCUT2D eigenvalue weighted by Crippen LogP contribution is -2.37. The largest absolute Gasteiger partial charge is 0.497 e. The van der Waals surface area contributed by atoms with Crippen molar-refractivity contribution in [2.45, 2.75) is 11.7 Å². The summed E-state index contributed by atoms with van der Waals surface area (Å²) in [4.78, 5) is 42.4. The number of hydrogen-bond donors (Lipinski definition) is 1. The lowest BCUT2D eigenvalue weighted by atomic mass is 10.2. The highest BCUT2D eigenvalue weighted by molar-refractivity contribution is 7.99. The summed E-state index contributed by atoms with van der Waals surface area (Å²) in [7, 11) is 4.42. The van der Waals surface area contributed by atoms with Crippen molar-refractivity contribution in [1.82, 2.24) is 18.7 Å². The minimum atomic E-state index is -0.547. The second kappa shape index (κ2) is 9.56. The van der Waals surface area contributed by atoms with Gasteiger partial charge in [-0.15, -0.1) is 0 Å². The predicted octanol–water partition coefficient (Wildman–Crippen LogP) is 2.36.